The summed E-state index contributed by atoms with van der Waals surface area (Å²) in [7, 11) is 0. The van der Waals surface area contributed by atoms with Crippen LogP contribution in [0.5, 0.6) is 11.8 Å². The molecule has 0 unspecified atom stereocenters. The van der Waals surface area contributed by atoms with Crippen molar-refractivity contribution >= 4 is 23.5 Å². The van der Waals surface area contributed by atoms with Gasteiger partial charge in [-0.25, -0.2) is 19.9 Å². The lowest BCUT2D eigenvalue weighted by Gasteiger charge is -2.17. The van der Waals surface area contributed by atoms with E-state index < -0.39 is 0 Å². The number of pyridine rings is 4. The zero-order valence-electron chi connectivity index (χ0n) is 30.4. The van der Waals surface area contributed by atoms with E-state index in [1.807, 2.05) is 47.2 Å². The van der Waals surface area contributed by atoms with Crippen LogP contribution in [0.4, 0.5) is 11.6 Å². The lowest BCUT2D eigenvalue weighted by Crippen LogP contribution is -2.17. The third-order valence-corrected chi connectivity index (χ3v) is 9.01. The van der Waals surface area contributed by atoms with E-state index in [1.165, 1.54) is 0 Å². The Kier molecular flexibility index (Phi) is 10.6. The first kappa shape index (κ1) is 35.8. The number of nitrogens with zero attached hydrogens (tertiary/aromatic N) is 10. The molecule has 2 atom stereocenters. The van der Waals surface area contributed by atoms with Crippen molar-refractivity contribution in [2.75, 3.05) is 23.8 Å². The fourth-order valence-electron chi connectivity index (χ4n) is 6.16. The number of aromatic nitrogens is 10. The Morgan fingerprint density at radius 2 is 1.11 bits per heavy atom. The number of aryl methyl sites for hydroxylation is 2. The van der Waals surface area contributed by atoms with Crippen LogP contribution in [0, 0.1) is 13.8 Å². The number of ether oxygens (including phenoxy) is 2. The molecule has 0 fully saturated rings. The Morgan fingerprint density at radius 1 is 0.667 bits per heavy atom. The molecule has 0 saturated carbocycles. The Bertz CT molecular complexity index is 2130. The van der Waals surface area contributed by atoms with Gasteiger partial charge in [0.25, 0.3) is 11.8 Å². The highest BCUT2D eigenvalue weighted by Crippen LogP contribution is 2.27. The number of nitrogens with one attached hydrogen (secondary N) is 2. The average Bonchev–Trinajstić information content (AvgIpc) is 3.87. The van der Waals surface area contributed by atoms with Crippen LogP contribution in [0.2, 0.25) is 0 Å². The summed E-state index contributed by atoms with van der Waals surface area (Å²) < 4.78 is 15.6. The van der Waals surface area contributed by atoms with Gasteiger partial charge in [0.05, 0.1) is 13.2 Å². The van der Waals surface area contributed by atoms with E-state index in [4.69, 9.17) is 9.47 Å². The molecule has 8 heterocycles. The molecule has 16 heteroatoms. The van der Waals surface area contributed by atoms with Crippen LogP contribution in [-0.4, -0.2) is 74.5 Å². The molecule has 54 heavy (non-hydrogen) atoms. The molecular weight excluding hydrogens is 688 g/mol. The quantitative estimate of drug-likeness (QED) is 0.184. The zero-order valence-corrected chi connectivity index (χ0v) is 30.4. The molecule has 6 aromatic heterocycles. The predicted octanol–water partition coefficient (Wildman–Crippen LogP) is 6.06. The summed E-state index contributed by atoms with van der Waals surface area (Å²) in [6.07, 6.45) is 10.2. The van der Waals surface area contributed by atoms with Gasteiger partial charge in [-0.3, -0.25) is 9.59 Å². The minimum absolute atomic E-state index is 0.187. The summed E-state index contributed by atoms with van der Waals surface area (Å²) in [4.78, 5) is 43.2. The molecular formula is C38H40N12O4. The Labute approximate surface area is 311 Å². The molecule has 0 spiro atoms. The van der Waals surface area contributed by atoms with Crippen molar-refractivity contribution < 1.29 is 19.1 Å². The fraction of sp³-hybridized carbons (Fsp3) is 0.316. The number of fused-ring (bicyclic) bond motifs is 10. The monoisotopic (exact) mass is 728 g/mol. The third-order valence-electron chi connectivity index (χ3n) is 9.01. The number of anilines is 2. The molecule has 2 amide bonds. The van der Waals surface area contributed by atoms with E-state index in [0.717, 1.165) is 36.8 Å². The minimum atomic E-state index is -0.308. The van der Waals surface area contributed by atoms with Crippen molar-refractivity contribution in [1.82, 2.24) is 49.5 Å². The summed E-state index contributed by atoms with van der Waals surface area (Å²) >= 11 is 0. The Hall–Kier alpha value is -6.58. The van der Waals surface area contributed by atoms with Crippen LogP contribution in [0.25, 0.3) is 23.0 Å². The number of hydrogen-bond donors (Lipinski definition) is 2. The van der Waals surface area contributed by atoms with E-state index in [0.29, 0.717) is 70.8 Å². The molecule has 276 valence electrons. The van der Waals surface area contributed by atoms with Crippen molar-refractivity contribution in [3.05, 3.63) is 95.8 Å². The van der Waals surface area contributed by atoms with Gasteiger partial charge in [-0.05, 0) is 101 Å². The van der Waals surface area contributed by atoms with Gasteiger partial charge < -0.3 is 29.2 Å². The van der Waals surface area contributed by atoms with Gasteiger partial charge in [0, 0.05) is 24.5 Å². The molecule has 2 aliphatic heterocycles. The van der Waals surface area contributed by atoms with Crippen molar-refractivity contribution in [3.8, 4) is 34.8 Å². The van der Waals surface area contributed by atoms with Gasteiger partial charge in [-0.2, -0.15) is 0 Å². The van der Waals surface area contributed by atoms with E-state index >= 15 is 0 Å². The fourth-order valence-corrected chi connectivity index (χ4v) is 6.16. The first-order valence-corrected chi connectivity index (χ1v) is 17.8. The number of carbonyl (C=O) groups is 2. The van der Waals surface area contributed by atoms with Gasteiger partial charge in [-0.15, -0.1) is 20.4 Å². The smallest absolute Gasteiger partial charge is 0.262 e. The lowest BCUT2D eigenvalue weighted by atomic mass is 10.1. The first-order valence-electron chi connectivity index (χ1n) is 17.8. The van der Waals surface area contributed by atoms with Crippen LogP contribution < -0.4 is 20.1 Å². The SMILES string of the molecule is Cc1cnc2c(c1)C(=O)Nc1cccc(n1)-c1nncn1[C@@H](C)CCCO2.Cc1cnc2c(c1)C(=O)Nc1cccc(n1)-c1nncn1[C@H](C)CCCO2. The zero-order chi connectivity index (χ0) is 37.6. The average molecular weight is 729 g/mol. The van der Waals surface area contributed by atoms with Gasteiger partial charge in [0.1, 0.15) is 46.8 Å². The van der Waals surface area contributed by atoms with E-state index in [1.54, 1.807) is 49.3 Å². The Balaban J connectivity index is 0.000000167. The second-order valence-electron chi connectivity index (χ2n) is 13.3. The molecule has 4 bridgehead atoms. The van der Waals surface area contributed by atoms with Crippen LogP contribution in [0.3, 0.4) is 0 Å². The molecule has 8 rings (SSSR count). The highest BCUT2D eigenvalue weighted by Gasteiger charge is 2.21. The van der Waals surface area contributed by atoms with Gasteiger partial charge in [0.2, 0.25) is 11.8 Å². The molecule has 0 aromatic carbocycles. The van der Waals surface area contributed by atoms with E-state index in [2.05, 4.69) is 64.8 Å². The van der Waals surface area contributed by atoms with Crippen LogP contribution in [0.1, 0.15) is 83.5 Å². The van der Waals surface area contributed by atoms with Crippen molar-refractivity contribution in [2.24, 2.45) is 0 Å². The van der Waals surface area contributed by atoms with Crippen LogP contribution in [0.15, 0.2) is 73.6 Å². The van der Waals surface area contributed by atoms with Gasteiger partial charge in [-0.1, -0.05) is 12.1 Å². The maximum atomic E-state index is 12.8. The van der Waals surface area contributed by atoms with Crippen LogP contribution >= 0.6 is 0 Å². The lowest BCUT2D eigenvalue weighted by molar-refractivity contribution is 0.101. The Morgan fingerprint density at radius 3 is 1.56 bits per heavy atom. The minimum Gasteiger partial charge on any atom is -0.477 e. The second kappa shape index (κ2) is 16.0. The van der Waals surface area contributed by atoms with E-state index in [9.17, 15) is 9.59 Å². The summed E-state index contributed by atoms with van der Waals surface area (Å²) in [5.74, 6) is 2.28. The topological polar surface area (TPSA) is 190 Å². The molecule has 0 saturated heterocycles. The summed E-state index contributed by atoms with van der Waals surface area (Å²) in [6, 6.07) is 14.8. The maximum Gasteiger partial charge on any atom is 0.262 e. The largest absolute Gasteiger partial charge is 0.477 e. The van der Waals surface area contributed by atoms with Gasteiger partial charge in [0.15, 0.2) is 11.6 Å². The molecule has 16 nitrogen and oxygen atoms in total. The van der Waals surface area contributed by atoms with Crippen molar-refractivity contribution in [2.45, 2.75) is 65.5 Å². The van der Waals surface area contributed by atoms with Gasteiger partial charge >= 0.3 is 0 Å². The first-order chi connectivity index (χ1) is 26.2. The third kappa shape index (κ3) is 8.06. The summed E-state index contributed by atoms with van der Waals surface area (Å²) in [5.41, 5.74) is 3.89. The highest BCUT2D eigenvalue weighted by molar-refractivity contribution is 6.06. The molecule has 2 N–H and O–H groups in total. The molecule has 6 aromatic rings. The molecule has 2 aliphatic rings. The van der Waals surface area contributed by atoms with Crippen molar-refractivity contribution in [3.63, 3.8) is 0 Å². The standard InChI is InChI=1S/2C19H20N6O2/c2*1-12-9-14-18(26)23-16-7-3-6-15(22-16)17-24-21-11-25(17)13(2)5-4-8-27-19(14)20-10-12/h2*3,6-7,9-11,13H,4-5,8H2,1-2H3,(H,22,23,26)/t2*13-/m10/s1. The normalized spacial score (nSPS) is 17.1. The molecule has 0 aliphatic carbocycles. The number of carbonyl (C=O) groups excluding carboxylic acids is 2. The maximum absolute atomic E-state index is 12.8. The number of rotatable bonds is 0. The van der Waals surface area contributed by atoms with E-state index in [-0.39, 0.29) is 23.9 Å². The predicted molar refractivity (Wildman–Crippen MR) is 199 cm³/mol. The van der Waals surface area contributed by atoms with Crippen LogP contribution in [-0.2, 0) is 0 Å². The number of amides is 2. The summed E-state index contributed by atoms with van der Waals surface area (Å²) in [5, 5.41) is 22.2. The number of hydrogen-bond acceptors (Lipinski definition) is 12. The van der Waals surface area contributed by atoms with Crippen molar-refractivity contribution in [1.29, 1.82) is 0 Å². The summed E-state index contributed by atoms with van der Waals surface area (Å²) in [6.45, 7) is 8.95. The second-order valence-corrected chi connectivity index (χ2v) is 13.3. The highest BCUT2D eigenvalue weighted by atomic mass is 16.5. The molecule has 0 radical (unpaired) electrons.